The van der Waals surface area contributed by atoms with Gasteiger partial charge in [-0.2, -0.15) is 0 Å². The SMILES string of the molecule is CC(C)C(N)CCN(C)C(=O)c1ccc(Cl)c(Cl)c1.Cl. The van der Waals surface area contributed by atoms with E-state index >= 15 is 0 Å². The molecule has 0 radical (unpaired) electrons. The van der Waals surface area contributed by atoms with Crippen molar-refractivity contribution >= 4 is 41.5 Å². The second-order valence-electron chi connectivity index (χ2n) is 5.05. The second kappa shape index (κ2) is 8.73. The molecule has 1 amide bonds. The molecule has 20 heavy (non-hydrogen) atoms. The molecule has 6 heteroatoms. The molecule has 3 nitrogen and oxygen atoms in total. The first-order valence-electron chi connectivity index (χ1n) is 6.29. The van der Waals surface area contributed by atoms with Crippen molar-refractivity contribution in [3.8, 4) is 0 Å². The number of halogens is 3. The van der Waals surface area contributed by atoms with Gasteiger partial charge in [0.15, 0.2) is 0 Å². The zero-order valence-corrected chi connectivity index (χ0v) is 14.2. The number of nitrogens with two attached hydrogens (primary N) is 1. The first-order valence-corrected chi connectivity index (χ1v) is 7.04. The van der Waals surface area contributed by atoms with E-state index in [1.165, 1.54) is 0 Å². The van der Waals surface area contributed by atoms with Gasteiger partial charge in [0.05, 0.1) is 10.0 Å². The van der Waals surface area contributed by atoms with E-state index in [9.17, 15) is 4.79 Å². The lowest BCUT2D eigenvalue weighted by Gasteiger charge is -2.21. The van der Waals surface area contributed by atoms with E-state index in [1.807, 2.05) is 0 Å². The molecule has 2 N–H and O–H groups in total. The molecule has 114 valence electrons. The van der Waals surface area contributed by atoms with Crippen LogP contribution >= 0.6 is 35.6 Å². The van der Waals surface area contributed by atoms with Crippen LogP contribution in [0, 0.1) is 5.92 Å². The van der Waals surface area contributed by atoms with Crippen molar-refractivity contribution in [1.29, 1.82) is 0 Å². The topological polar surface area (TPSA) is 46.3 Å². The fourth-order valence-electron chi connectivity index (χ4n) is 1.63. The molecule has 0 aliphatic heterocycles. The van der Waals surface area contributed by atoms with Crippen LogP contribution in [0.1, 0.15) is 30.6 Å². The molecule has 0 aliphatic carbocycles. The van der Waals surface area contributed by atoms with E-state index in [-0.39, 0.29) is 24.4 Å². The molecule has 0 saturated heterocycles. The lowest BCUT2D eigenvalue weighted by atomic mass is 10.0. The Bertz CT molecular complexity index is 452. The summed E-state index contributed by atoms with van der Waals surface area (Å²) in [4.78, 5) is 13.8. The van der Waals surface area contributed by atoms with Gasteiger partial charge in [0, 0.05) is 25.2 Å². The quantitative estimate of drug-likeness (QED) is 0.885. The molecular weight excluding hydrogens is 319 g/mol. The Morgan fingerprint density at radius 1 is 1.30 bits per heavy atom. The van der Waals surface area contributed by atoms with Crippen LogP contribution in [0.5, 0.6) is 0 Å². The molecule has 0 saturated carbocycles. The fraction of sp³-hybridized carbons (Fsp3) is 0.500. The molecule has 1 unspecified atom stereocenters. The van der Waals surface area contributed by atoms with Crippen molar-refractivity contribution in [3.05, 3.63) is 33.8 Å². The number of benzene rings is 1. The van der Waals surface area contributed by atoms with E-state index < -0.39 is 0 Å². The largest absolute Gasteiger partial charge is 0.342 e. The number of carbonyl (C=O) groups excluding carboxylic acids is 1. The molecular formula is C14H21Cl3N2O. The van der Waals surface area contributed by atoms with Crippen molar-refractivity contribution in [2.75, 3.05) is 13.6 Å². The molecule has 1 rings (SSSR count). The van der Waals surface area contributed by atoms with Crippen molar-refractivity contribution in [1.82, 2.24) is 4.90 Å². The van der Waals surface area contributed by atoms with Gasteiger partial charge in [0.25, 0.3) is 5.91 Å². The van der Waals surface area contributed by atoms with E-state index in [2.05, 4.69) is 13.8 Å². The zero-order chi connectivity index (χ0) is 14.6. The van der Waals surface area contributed by atoms with Crippen molar-refractivity contribution in [2.24, 2.45) is 11.7 Å². The summed E-state index contributed by atoms with van der Waals surface area (Å²) in [7, 11) is 1.76. The Hall–Kier alpha value is -0.480. The van der Waals surface area contributed by atoms with Crippen LogP contribution in [-0.4, -0.2) is 30.4 Å². The number of rotatable bonds is 5. The Labute approximate surface area is 136 Å². The van der Waals surface area contributed by atoms with Crippen molar-refractivity contribution in [2.45, 2.75) is 26.3 Å². The predicted molar refractivity (Wildman–Crippen MR) is 88.1 cm³/mol. The van der Waals surface area contributed by atoms with Gasteiger partial charge in [-0.15, -0.1) is 12.4 Å². The summed E-state index contributed by atoms with van der Waals surface area (Å²) in [5.74, 6) is 0.336. The average Bonchev–Trinajstić information content (AvgIpc) is 2.37. The normalized spacial score (nSPS) is 11.9. The van der Waals surface area contributed by atoms with Gasteiger partial charge in [-0.25, -0.2) is 0 Å². The highest BCUT2D eigenvalue weighted by atomic mass is 35.5. The van der Waals surface area contributed by atoms with E-state index in [0.29, 0.717) is 28.1 Å². The molecule has 1 atom stereocenters. The molecule has 0 bridgehead atoms. The third-order valence-electron chi connectivity index (χ3n) is 3.17. The van der Waals surface area contributed by atoms with Crippen molar-refractivity contribution in [3.63, 3.8) is 0 Å². The van der Waals surface area contributed by atoms with Crippen molar-refractivity contribution < 1.29 is 4.79 Å². The minimum absolute atomic E-state index is 0. The maximum Gasteiger partial charge on any atom is 0.253 e. The second-order valence-corrected chi connectivity index (χ2v) is 5.87. The van der Waals surface area contributed by atoms with Gasteiger partial charge in [-0.1, -0.05) is 37.0 Å². The Balaban J connectivity index is 0.00000361. The fourth-order valence-corrected chi connectivity index (χ4v) is 1.93. The Kier molecular flexibility index (Phi) is 8.52. The lowest BCUT2D eigenvalue weighted by molar-refractivity contribution is 0.0789. The van der Waals surface area contributed by atoms with Gasteiger partial charge >= 0.3 is 0 Å². The number of amides is 1. The summed E-state index contributed by atoms with van der Waals surface area (Å²) in [6.07, 6.45) is 0.779. The summed E-state index contributed by atoms with van der Waals surface area (Å²) in [6, 6.07) is 5.00. The molecule has 0 spiro atoms. The average molecular weight is 340 g/mol. The van der Waals surface area contributed by atoms with Crippen LogP contribution in [-0.2, 0) is 0 Å². The number of carbonyl (C=O) groups is 1. The molecule has 0 fully saturated rings. The monoisotopic (exact) mass is 338 g/mol. The molecule has 0 aliphatic rings. The molecule has 1 aromatic carbocycles. The van der Waals surface area contributed by atoms with Gasteiger partial charge in [-0.05, 0) is 30.5 Å². The Morgan fingerprint density at radius 2 is 1.90 bits per heavy atom. The van der Waals surface area contributed by atoms with Crippen LogP contribution < -0.4 is 5.73 Å². The summed E-state index contributed by atoms with van der Waals surface area (Å²) in [5, 5.41) is 0.836. The number of hydrogen-bond acceptors (Lipinski definition) is 2. The summed E-state index contributed by atoms with van der Waals surface area (Å²) < 4.78 is 0. The summed E-state index contributed by atoms with van der Waals surface area (Å²) in [6.45, 7) is 4.77. The van der Waals surface area contributed by atoms with Crippen LogP contribution in [0.2, 0.25) is 10.0 Å². The lowest BCUT2D eigenvalue weighted by Crippen LogP contribution is -2.34. The van der Waals surface area contributed by atoms with Crippen LogP contribution in [0.15, 0.2) is 18.2 Å². The maximum atomic E-state index is 12.2. The van der Waals surface area contributed by atoms with E-state index in [0.717, 1.165) is 6.42 Å². The highest BCUT2D eigenvalue weighted by molar-refractivity contribution is 6.42. The van der Waals surface area contributed by atoms with Crippen LogP contribution in [0.25, 0.3) is 0 Å². The minimum atomic E-state index is -0.0745. The van der Waals surface area contributed by atoms with E-state index in [4.69, 9.17) is 28.9 Å². The first kappa shape index (κ1) is 19.5. The summed E-state index contributed by atoms with van der Waals surface area (Å²) in [5.41, 5.74) is 6.51. The van der Waals surface area contributed by atoms with Gasteiger partial charge in [-0.3, -0.25) is 4.79 Å². The smallest absolute Gasteiger partial charge is 0.253 e. The third kappa shape index (κ3) is 5.49. The van der Waals surface area contributed by atoms with Crippen LogP contribution in [0.4, 0.5) is 0 Å². The zero-order valence-electron chi connectivity index (χ0n) is 11.9. The van der Waals surface area contributed by atoms with E-state index in [1.54, 1.807) is 30.1 Å². The van der Waals surface area contributed by atoms with Crippen LogP contribution in [0.3, 0.4) is 0 Å². The standard InChI is InChI=1S/C14H20Cl2N2O.ClH/c1-9(2)13(17)6-7-18(3)14(19)10-4-5-11(15)12(16)8-10;/h4-5,8-9,13H,6-7,17H2,1-3H3;1H. The minimum Gasteiger partial charge on any atom is -0.342 e. The van der Waals surface area contributed by atoms with Gasteiger partial charge in [0.1, 0.15) is 0 Å². The Morgan fingerprint density at radius 3 is 2.40 bits per heavy atom. The first-order chi connectivity index (χ1) is 8.82. The van der Waals surface area contributed by atoms with Gasteiger partial charge < -0.3 is 10.6 Å². The van der Waals surface area contributed by atoms with Gasteiger partial charge in [0.2, 0.25) is 0 Å². The third-order valence-corrected chi connectivity index (χ3v) is 3.91. The number of nitrogens with zero attached hydrogens (tertiary/aromatic N) is 1. The molecule has 0 heterocycles. The summed E-state index contributed by atoms with van der Waals surface area (Å²) >= 11 is 11.7. The highest BCUT2D eigenvalue weighted by Gasteiger charge is 2.15. The highest BCUT2D eigenvalue weighted by Crippen LogP contribution is 2.23. The predicted octanol–water partition coefficient (Wildman–Crippen LogP) is 3.86. The molecule has 1 aromatic rings. The molecule has 0 aromatic heterocycles. The number of hydrogen-bond donors (Lipinski definition) is 1. The maximum absolute atomic E-state index is 12.2.